The molecule has 5 nitrogen and oxygen atoms in total. The molecule has 0 aliphatic rings. The summed E-state index contributed by atoms with van der Waals surface area (Å²) in [5.74, 6) is -0.474. The Hall–Kier alpha value is -2.68. The third-order valence-electron chi connectivity index (χ3n) is 2.68. The summed E-state index contributed by atoms with van der Waals surface area (Å²) in [7, 11) is 0. The summed E-state index contributed by atoms with van der Waals surface area (Å²) >= 11 is 0. The molecule has 102 valence electrons. The zero-order chi connectivity index (χ0) is 14.4. The molecule has 20 heavy (non-hydrogen) atoms. The highest BCUT2D eigenvalue weighted by molar-refractivity contribution is 5.94. The maximum atomic E-state index is 13.1. The smallest absolute Gasteiger partial charge is 0.254 e. The number of amides is 1. The fourth-order valence-electron chi connectivity index (χ4n) is 1.75. The van der Waals surface area contributed by atoms with Crippen LogP contribution in [0.2, 0.25) is 0 Å². The van der Waals surface area contributed by atoms with Gasteiger partial charge in [0.2, 0.25) is 5.95 Å². The zero-order valence-electron chi connectivity index (χ0n) is 10.6. The molecule has 0 saturated carbocycles. The molecule has 6 heteroatoms. The van der Waals surface area contributed by atoms with Gasteiger partial charge in [-0.25, -0.2) is 4.98 Å². The minimum atomic E-state index is -0.714. The molecular formula is C14H12FN3O2. The van der Waals surface area contributed by atoms with Gasteiger partial charge in [0.15, 0.2) is 0 Å². The monoisotopic (exact) mass is 273 g/mol. The highest BCUT2D eigenvalue weighted by Gasteiger charge is 2.17. The predicted octanol–water partition coefficient (Wildman–Crippen LogP) is 2.37. The van der Waals surface area contributed by atoms with E-state index in [0.29, 0.717) is 5.76 Å². The topological polar surface area (TPSA) is 70.1 Å². The first-order chi connectivity index (χ1) is 9.70. The van der Waals surface area contributed by atoms with Gasteiger partial charge in [-0.3, -0.25) is 4.79 Å². The van der Waals surface area contributed by atoms with Gasteiger partial charge in [-0.1, -0.05) is 0 Å². The molecule has 0 aromatic carbocycles. The van der Waals surface area contributed by atoms with Gasteiger partial charge in [0.05, 0.1) is 25.3 Å². The number of furan rings is 1. The SMILES string of the molecule is N#CCCN(Cc1ccco1)C(=O)c1ccnc(F)c1. The Kier molecular flexibility index (Phi) is 4.45. The lowest BCUT2D eigenvalue weighted by Crippen LogP contribution is -2.31. The van der Waals surface area contributed by atoms with Crippen molar-refractivity contribution >= 4 is 5.91 Å². The third kappa shape index (κ3) is 3.42. The van der Waals surface area contributed by atoms with Gasteiger partial charge in [-0.05, 0) is 18.2 Å². The number of rotatable bonds is 5. The van der Waals surface area contributed by atoms with Crippen LogP contribution in [0.1, 0.15) is 22.5 Å². The maximum absolute atomic E-state index is 13.1. The lowest BCUT2D eigenvalue weighted by Gasteiger charge is -2.20. The lowest BCUT2D eigenvalue weighted by molar-refractivity contribution is 0.0734. The van der Waals surface area contributed by atoms with Gasteiger partial charge in [-0.15, -0.1) is 0 Å². The number of nitriles is 1. The number of hydrogen-bond donors (Lipinski definition) is 0. The predicted molar refractivity (Wildman–Crippen MR) is 67.9 cm³/mol. The number of aromatic nitrogens is 1. The molecule has 0 saturated heterocycles. The van der Waals surface area contributed by atoms with Crippen molar-refractivity contribution in [3.05, 3.63) is 54.0 Å². The van der Waals surface area contributed by atoms with Crippen LogP contribution in [-0.2, 0) is 6.54 Å². The normalized spacial score (nSPS) is 10.0. The Balaban J connectivity index is 2.17. The van der Waals surface area contributed by atoms with Crippen LogP contribution in [0.4, 0.5) is 4.39 Å². The summed E-state index contributed by atoms with van der Waals surface area (Å²) in [6, 6.07) is 7.95. The van der Waals surface area contributed by atoms with E-state index in [0.717, 1.165) is 6.07 Å². The van der Waals surface area contributed by atoms with E-state index >= 15 is 0 Å². The number of carbonyl (C=O) groups excluding carboxylic acids is 1. The molecule has 2 rings (SSSR count). The second-order valence-corrected chi connectivity index (χ2v) is 4.08. The van der Waals surface area contributed by atoms with Crippen LogP contribution in [0.5, 0.6) is 0 Å². The zero-order valence-corrected chi connectivity index (χ0v) is 10.6. The van der Waals surface area contributed by atoms with Gasteiger partial charge in [-0.2, -0.15) is 9.65 Å². The molecule has 0 spiro atoms. The van der Waals surface area contributed by atoms with E-state index in [1.807, 2.05) is 6.07 Å². The Bertz CT molecular complexity index is 620. The molecule has 0 radical (unpaired) electrons. The molecule has 2 aromatic heterocycles. The molecule has 2 aromatic rings. The molecule has 0 fully saturated rings. The highest BCUT2D eigenvalue weighted by Crippen LogP contribution is 2.11. The molecule has 0 unspecified atom stereocenters. The van der Waals surface area contributed by atoms with Crippen LogP contribution in [0.25, 0.3) is 0 Å². The van der Waals surface area contributed by atoms with E-state index in [2.05, 4.69) is 4.98 Å². The van der Waals surface area contributed by atoms with Crippen molar-refractivity contribution in [2.24, 2.45) is 0 Å². The Morgan fingerprint density at radius 1 is 1.50 bits per heavy atom. The minimum absolute atomic E-state index is 0.194. The average Bonchev–Trinajstić information content (AvgIpc) is 2.95. The van der Waals surface area contributed by atoms with E-state index in [-0.39, 0.29) is 31.0 Å². The second kappa shape index (κ2) is 6.48. The molecule has 2 heterocycles. The molecular weight excluding hydrogens is 261 g/mol. The van der Waals surface area contributed by atoms with Gasteiger partial charge in [0.25, 0.3) is 5.91 Å². The second-order valence-electron chi connectivity index (χ2n) is 4.08. The van der Waals surface area contributed by atoms with Crippen LogP contribution in [0, 0.1) is 17.3 Å². The van der Waals surface area contributed by atoms with E-state index in [4.69, 9.17) is 9.68 Å². The Morgan fingerprint density at radius 3 is 3.00 bits per heavy atom. The van der Waals surface area contributed by atoms with Crippen molar-refractivity contribution in [3.63, 3.8) is 0 Å². The van der Waals surface area contributed by atoms with Crippen molar-refractivity contribution < 1.29 is 13.6 Å². The Labute approximate surface area is 115 Å². The van der Waals surface area contributed by atoms with Crippen molar-refractivity contribution in [2.45, 2.75) is 13.0 Å². The summed E-state index contributed by atoms with van der Waals surface area (Å²) in [6.45, 7) is 0.484. The summed E-state index contributed by atoms with van der Waals surface area (Å²) in [5, 5.41) is 8.66. The van der Waals surface area contributed by atoms with Crippen LogP contribution >= 0.6 is 0 Å². The standard InChI is InChI=1S/C14H12FN3O2/c15-13-9-11(4-6-17-13)14(19)18(7-2-5-16)10-12-3-1-8-20-12/h1,3-4,6,8-9H,2,7,10H2. The molecule has 0 bridgehead atoms. The van der Waals surface area contributed by atoms with Crippen LogP contribution in [0.15, 0.2) is 41.1 Å². The van der Waals surface area contributed by atoms with Crippen molar-refractivity contribution in [1.82, 2.24) is 9.88 Å². The maximum Gasteiger partial charge on any atom is 0.254 e. The van der Waals surface area contributed by atoms with E-state index in [9.17, 15) is 9.18 Å². The molecule has 0 aliphatic carbocycles. The summed E-state index contributed by atoms with van der Waals surface area (Å²) in [6.07, 6.45) is 2.94. The first-order valence-electron chi connectivity index (χ1n) is 6.01. The van der Waals surface area contributed by atoms with E-state index < -0.39 is 5.95 Å². The van der Waals surface area contributed by atoms with E-state index in [1.165, 1.54) is 23.4 Å². The summed E-state index contributed by atoms with van der Waals surface area (Å²) < 4.78 is 18.3. The largest absolute Gasteiger partial charge is 0.467 e. The van der Waals surface area contributed by atoms with Crippen LogP contribution in [0.3, 0.4) is 0 Å². The van der Waals surface area contributed by atoms with Crippen molar-refractivity contribution in [2.75, 3.05) is 6.54 Å². The molecule has 1 amide bonds. The summed E-state index contributed by atoms with van der Waals surface area (Å²) in [4.78, 5) is 17.2. The number of hydrogen-bond acceptors (Lipinski definition) is 4. The number of nitrogens with zero attached hydrogens (tertiary/aromatic N) is 3. The van der Waals surface area contributed by atoms with Crippen LogP contribution in [-0.4, -0.2) is 22.3 Å². The fraction of sp³-hybridized carbons (Fsp3) is 0.214. The van der Waals surface area contributed by atoms with Gasteiger partial charge in [0, 0.05) is 24.4 Å². The Morgan fingerprint density at radius 2 is 2.35 bits per heavy atom. The molecule has 0 atom stereocenters. The first-order valence-corrected chi connectivity index (χ1v) is 6.01. The van der Waals surface area contributed by atoms with Gasteiger partial charge < -0.3 is 9.32 Å². The van der Waals surface area contributed by atoms with Crippen molar-refractivity contribution in [1.29, 1.82) is 5.26 Å². The third-order valence-corrected chi connectivity index (χ3v) is 2.68. The average molecular weight is 273 g/mol. The van der Waals surface area contributed by atoms with Gasteiger partial charge in [0.1, 0.15) is 5.76 Å². The fourth-order valence-corrected chi connectivity index (χ4v) is 1.75. The minimum Gasteiger partial charge on any atom is -0.467 e. The lowest BCUT2D eigenvalue weighted by atomic mass is 10.2. The number of halogens is 1. The highest BCUT2D eigenvalue weighted by atomic mass is 19.1. The quantitative estimate of drug-likeness (QED) is 0.784. The first kappa shape index (κ1) is 13.7. The number of pyridine rings is 1. The molecule has 0 N–H and O–H groups in total. The van der Waals surface area contributed by atoms with E-state index in [1.54, 1.807) is 12.1 Å². The summed E-state index contributed by atoms with van der Waals surface area (Å²) in [5.41, 5.74) is 0.196. The number of carbonyl (C=O) groups is 1. The van der Waals surface area contributed by atoms with Crippen LogP contribution < -0.4 is 0 Å². The van der Waals surface area contributed by atoms with Crippen molar-refractivity contribution in [3.8, 4) is 6.07 Å². The molecule has 0 aliphatic heterocycles. The van der Waals surface area contributed by atoms with Gasteiger partial charge >= 0.3 is 0 Å².